The summed E-state index contributed by atoms with van der Waals surface area (Å²) in [6, 6.07) is 14.7. The number of likely N-dealkylation sites (tertiary alicyclic amines) is 1. The molecule has 32 heavy (non-hydrogen) atoms. The van der Waals surface area contributed by atoms with E-state index in [1.165, 1.54) is 0 Å². The molecule has 0 saturated carbocycles. The van der Waals surface area contributed by atoms with Gasteiger partial charge in [0.25, 0.3) is 5.91 Å². The summed E-state index contributed by atoms with van der Waals surface area (Å²) < 4.78 is 7.51. The molecule has 0 aliphatic carbocycles. The summed E-state index contributed by atoms with van der Waals surface area (Å²) in [5.41, 5.74) is 9.57. The zero-order valence-electron chi connectivity index (χ0n) is 17.7. The molecule has 3 N–H and O–H groups in total. The quantitative estimate of drug-likeness (QED) is 0.463. The number of carbonyl (C=O) groups excluding carboxylic acids is 1. The Kier molecular flexibility index (Phi) is 5.36. The maximum atomic E-state index is 12.3. The Hall–Kier alpha value is -3.29. The molecule has 0 unspecified atom stereocenters. The first kappa shape index (κ1) is 20.6. The van der Waals surface area contributed by atoms with Gasteiger partial charge in [0.05, 0.1) is 11.9 Å². The number of primary amides is 1. The van der Waals surface area contributed by atoms with Crippen molar-refractivity contribution in [3.8, 4) is 22.8 Å². The summed E-state index contributed by atoms with van der Waals surface area (Å²) in [4.78, 5) is 18.1. The molecule has 1 fully saturated rings. The standard InChI is InChI=1S/C24H24ClN5O2/c1-29-12-10-15(11-13-29)20-14-27-30-22(23(26)31)21(28-24(20)30)16-2-6-18(7-3-16)32-19-8-4-17(25)5-9-19/h2-9,14-15,28H,10-13H2,1H3,(H2,26,31). The highest BCUT2D eigenvalue weighted by Gasteiger charge is 2.26. The lowest BCUT2D eigenvalue weighted by molar-refractivity contribution is 0.0994. The molecule has 0 radical (unpaired) electrons. The number of imidazole rings is 1. The van der Waals surface area contributed by atoms with Gasteiger partial charge in [0.1, 0.15) is 17.1 Å². The molecule has 7 nitrogen and oxygen atoms in total. The van der Waals surface area contributed by atoms with Crippen LogP contribution in [-0.2, 0) is 0 Å². The van der Waals surface area contributed by atoms with Crippen molar-refractivity contribution in [2.24, 2.45) is 5.73 Å². The minimum absolute atomic E-state index is 0.352. The van der Waals surface area contributed by atoms with E-state index in [1.807, 2.05) is 42.6 Å². The lowest BCUT2D eigenvalue weighted by Gasteiger charge is -2.28. The second-order valence-corrected chi connectivity index (χ2v) is 8.67. The molecule has 0 spiro atoms. The first-order valence-electron chi connectivity index (χ1n) is 10.6. The second kappa shape index (κ2) is 8.33. The van der Waals surface area contributed by atoms with E-state index in [0.29, 0.717) is 33.8 Å². The number of hydrogen-bond donors (Lipinski definition) is 2. The van der Waals surface area contributed by atoms with Crippen LogP contribution in [-0.4, -0.2) is 45.5 Å². The van der Waals surface area contributed by atoms with Crippen LogP contribution in [0.1, 0.15) is 34.8 Å². The van der Waals surface area contributed by atoms with Gasteiger partial charge in [-0.1, -0.05) is 11.6 Å². The number of aromatic nitrogens is 3. The molecule has 4 aromatic rings. The van der Waals surface area contributed by atoms with Gasteiger partial charge >= 0.3 is 0 Å². The minimum atomic E-state index is -0.522. The number of H-pyrrole nitrogens is 1. The molecule has 1 saturated heterocycles. The number of rotatable bonds is 5. The van der Waals surface area contributed by atoms with Gasteiger partial charge in [-0.3, -0.25) is 4.79 Å². The SMILES string of the molecule is CN1CCC(c2cnn3c(C(N)=O)c(-c4ccc(Oc5ccc(Cl)cc5)cc4)[nH]c23)CC1. The first-order valence-corrected chi connectivity index (χ1v) is 11.0. The van der Waals surface area contributed by atoms with Gasteiger partial charge in [-0.25, -0.2) is 4.52 Å². The second-order valence-electron chi connectivity index (χ2n) is 8.23. The van der Waals surface area contributed by atoms with E-state index < -0.39 is 5.91 Å². The summed E-state index contributed by atoms with van der Waals surface area (Å²) in [7, 11) is 2.14. The number of ether oxygens (including phenoxy) is 1. The van der Waals surface area contributed by atoms with Crippen LogP contribution < -0.4 is 10.5 Å². The molecule has 1 aliphatic heterocycles. The fraction of sp³-hybridized carbons (Fsp3) is 0.250. The molecule has 0 atom stereocenters. The van der Waals surface area contributed by atoms with Crippen LogP contribution >= 0.6 is 11.6 Å². The average Bonchev–Trinajstić information content (AvgIpc) is 3.36. The smallest absolute Gasteiger partial charge is 0.269 e. The fourth-order valence-electron chi connectivity index (χ4n) is 4.32. The number of piperidine rings is 1. The number of nitrogens with one attached hydrogen (secondary N) is 1. The van der Waals surface area contributed by atoms with Crippen molar-refractivity contribution in [3.05, 3.63) is 71.0 Å². The molecule has 164 valence electrons. The Morgan fingerprint density at radius 3 is 2.34 bits per heavy atom. The van der Waals surface area contributed by atoms with Gasteiger partial charge in [0.2, 0.25) is 0 Å². The van der Waals surface area contributed by atoms with Crippen molar-refractivity contribution in [1.82, 2.24) is 19.5 Å². The normalized spacial score (nSPS) is 15.3. The zero-order chi connectivity index (χ0) is 22.2. The number of nitrogens with two attached hydrogens (primary N) is 1. The van der Waals surface area contributed by atoms with Gasteiger partial charge < -0.3 is 20.4 Å². The van der Waals surface area contributed by atoms with Gasteiger partial charge in [-0.05, 0) is 87.4 Å². The predicted molar refractivity (Wildman–Crippen MR) is 124 cm³/mol. The highest BCUT2D eigenvalue weighted by molar-refractivity contribution is 6.30. The van der Waals surface area contributed by atoms with Gasteiger partial charge in [0.15, 0.2) is 5.69 Å². The van der Waals surface area contributed by atoms with Gasteiger partial charge in [0, 0.05) is 16.1 Å². The van der Waals surface area contributed by atoms with Crippen molar-refractivity contribution in [3.63, 3.8) is 0 Å². The van der Waals surface area contributed by atoms with Gasteiger partial charge in [-0.15, -0.1) is 0 Å². The van der Waals surface area contributed by atoms with E-state index in [1.54, 1.807) is 16.6 Å². The van der Waals surface area contributed by atoms with E-state index in [9.17, 15) is 4.79 Å². The number of amides is 1. The summed E-state index contributed by atoms with van der Waals surface area (Å²) in [5, 5.41) is 5.15. The molecule has 0 bridgehead atoms. The van der Waals surface area contributed by atoms with Crippen LogP contribution in [0.3, 0.4) is 0 Å². The number of aromatic amines is 1. The third-order valence-corrected chi connectivity index (χ3v) is 6.33. The maximum absolute atomic E-state index is 12.3. The predicted octanol–water partition coefficient (Wildman–Crippen LogP) is 4.68. The summed E-state index contributed by atoms with van der Waals surface area (Å²) in [6.45, 7) is 2.10. The minimum Gasteiger partial charge on any atom is -0.457 e. The van der Waals surface area contributed by atoms with Crippen molar-refractivity contribution in [2.75, 3.05) is 20.1 Å². The van der Waals surface area contributed by atoms with E-state index >= 15 is 0 Å². The Balaban J connectivity index is 1.47. The van der Waals surface area contributed by atoms with Crippen molar-refractivity contribution >= 4 is 23.2 Å². The fourth-order valence-corrected chi connectivity index (χ4v) is 4.45. The van der Waals surface area contributed by atoms with E-state index in [4.69, 9.17) is 22.1 Å². The van der Waals surface area contributed by atoms with Crippen LogP contribution in [0.5, 0.6) is 11.5 Å². The van der Waals surface area contributed by atoms with Crippen LogP contribution in [0.25, 0.3) is 16.9 Å². The molecule has 2 aromatic carbocycles. The largest absolute Gasteiger partial charge is 0.457 e. The van der Waals surface area contributed by atoms with Crippen LogP contribution in [0, 0.1) is 0 Å². The van der Waals surface area contributed by atoms with E-state index in [-0.39, 0.29) is 0 Å². The third-order valence-electron chi connectivity index (χ3n) is 6.07. The third kappa shape index (κ3) is 3.85. The van der Waals surface area contributed by atoms with Crippen LogP contribution in [0.15, 0.2) is 54.7 Å². The highest BCUT2D eigenvalue weighted by Crippen LogP contribution is 2.34. The topological polar surface area (TPSA) is 88.7 Å². The van der Waals surface area contributed by atoms with E-state index in [0.717, 1.165) is 42.7 Å². The zero-order valence-corrected chi connectivity index (χ0v) is 18.5. The number of halogens is 1. The molecule has 3 heterocycles. The molecular formula is C24H24ClN5O2. The number of nitrogens with zero attached hydrogens (tertiary/aromatic N) is 3. The monoisotopic (exact) mass is 449 g/mol. The Morgan fingerprint density at radius 1 is 1.09 bits per heavy atom. The number of hydrogen-bond acceptors (Lipinski definition) is 4. The molecule has 2 aromatic heterocycles. The number of benzene rings is 2. The number of fused-ring (bicyclic) bond motifs is 1. The first-order chi connectivity index (χ1) is 15.5. The summed E-state index contributed by atoms with van der Waals surface area (Å²) in [5.74, 6) is 1.26. The lowest BCUT2D eigenvalue weighted by Crippen LogP contribution is -2.29. The van der Waals surface area contributed by atoms with E-state index in [2.05, 4.69) is 22.0 Å². The van der Waals surface area contributed by atoms with Crippen molar-refractivity contribution in [2.45, 2.75) is 18.8 Å². The molecule has 1 aliphatic rings. The Morgan fingerprint density at radius 2 is 1.72 bits per heavy atom. The summed E-state index contributed by atoms with van der Waals surface area (Å²) in [6.07, 6.45) is 3.99. The molecule has 8 heteroatoms. The van der Waals surface area contributed by atoms with Gasteiger partial charge in [-0.2, -0.15) is 5.10 Å². The summed E-state index contributed by atoms with van der Waals surface area (Å²) >= 11 is 5.93. The maximum Gasteiger partial charge on any atom is 0.269 e. The highest BCUT2D eigenvalue weighted by atomic mass is 35.5. The lowest BCUT2D eigenvalue weighted by atomic mass is 9.91. The molecule has 1 amide bonds. The Bertz CT molecular complexity index is 1250. The van der Waals surface area contributed by atoms with Crippen LogP contribution in [0.4, 0.5) is 0 Å². The van der Waals surface area contributed by atoms with Crippen molar-refractivity contribution in [1.29, 1.82) is 0 Å². The van der Waals surface area contributed by atoms with Crippen LogP contribution in [0.2, 0.25) is 5.02 Å². The number of carbonyl (C=O) groups is 1. The Labute approximate surface area is 190 Å². The average molecular weight is 450 g/mol. The molecule has 5 rings (SSSR count). The van der Waals surface area contributed by atoms with Crippen molar-refractivity contribution < 1.29 is 9.53 Å². The molecular weight excluding hydrogens is 426 g/mol.